The molecule has 2 nitrogen and oxygen atoms in total. The Morgan fingerprint density at radius 1 is 0.810 bits per heavy atom. The van der Waals surface area contributed by atoms with Gasteiger partial charge in [-0.1, -0.05) is 44.7 Å². The van der Waals surface area contributed by atoms with Gasteiger partial charge >= 0.3 is 0 Å². The van der Waals surface area contributed by atoms with Crippen molar-refractivity contribution in [3.8, 4) is 11.1 Å². The Morgan fingerprint density at radius 3 is 1.90 bits per heavy atom. The summed E-state index contributed by atoms with van der Waals surface area (Å²) < 4.78 is 0. The first-order chi connectivity index (χ1) is 10.2. The summed E-state index contributed by atoms with van der Waals surface area (Å²) in [5, 5.41) is 0. The van der Waals surface area contributed by atoms with Crippen LogP contribution in [0, 0.1) is 0 Å². The van der Waals surface area contributed by atoms with Crippen LogP contribution in [0.4, 0.5) is 11.4 Å². The second-order valence-corrected chi connectivity index (χ2v) is 6.10. The highest BCUT2D eigenvalue weighted by molar-refractivity contribution is 5.81. The van der Waals surface area contributed by atoms with Gasteiger partial charge in [0, 0.05) is 17.3 Å². The number of benzene rings is 2. The fourth-order valence-corrected chi connectivity index (χ4v) is 3.48. The monoisotopic (exact) mass is 280 g/mol. The van der Waals surface area contributed by atoms with Crippen molar-refractivity contribution in [1.29, 1.82) is 0 Å². The highest BCUT2D eigenvalue weighted by Crippen LogP contribution is 2.48. The summed E-state index contributed by atoms with van der Waals surface area (Å²) in [5.74, 6) is 0.457. The van der Waals surface area contributed by atoms with Crippen LogP contribution in [0.1, 0.15) is 56.1 Å². The van der Waals surface area contributed by atoms with Crippen LogP contribution >= 0.6 is 0 Å². The van der Waals surface area contributed by atoms with Gasteiger partial charge in [0.1, 0.15) is 0 Å². The maximum Gasteiger partial charge on any atom is 0.0317 e. The van der Waals surface area contributed by atoms with E-state index in [0.717, 1.165) is 11.4 Å². The molecule has 21 heavy (non-hydrogen) atoms. The highest BCUT2D eigenvalue weighted by Gasteiger charge is 2.28. The van der Waals surface area contributed by atoms with Crippen LogP contribution in [0.2, 0.25) is 0 Å². The van der Waals surface area contributed by atoms with Crippen molar-refractivity contribution in [2.75, 3.05) is 11.5 Å². The molecule has 0 saturated heterocycles. The second-order valence-electron chi connectivity index (χ2n) is 6.10. The number of fused-ring (bicyclic) bond motifs is 3. The van der Waals surface area contributed by atoms with E-state index in [9.17, 15) is 0 Å². The number of anilines is 2. The van der Waals surface area contributed by atoms with Crippen molar-refractivity contribution in [3.05, 3.63) is 47.5 Å². The van der Waals surface area contributed by atoms with Crippen molar-refractivity contribution in [3.63, 3.8) is 0 Å². The van der Waals surface area contributed by atoms with Crippen LogP contribution in [0.5, 0.6) is 0 Å². The smallest absolute Gasteiger partial charge is 0.0317 e. The summed E-state index contributed by atoms with van der Waals surface area (Å²) in [4.78, 5) is 0. The standard InChI is InChI=1S/C19H24N2/c1-2-3-4-5-6-15-18-11-13(20)7-9-16(18)17-10-8-14(21)12-19(15)17/h7-12,15H,2-6,20-21H2,1H3. The maximum atomic E-state index is 6.01. The zero-order valence-corrected chi connectivity index (χ0v) is 12.7. The predicted molar refractivity (Wildman–Crippen MR) is 91.3 cm³/mol. The van der Waals surface area contributed by atoms with E-state index >= 15 is 0 Å². The van der Waals surface area contributed by atoms with Crippen LogP contribution in [0.15, 0.2) is 36.4 Å². The molecule has 3 rings (SSSR count). The third-order valence-electron chi connectivity index (χ3n) is 4.54. The van der Waals surface area contributed by atoms with Gasteiger partial charge in [-0.2, -0.15) is 0 Å². The van der Waals surface area contributed by atoms with Gasteiger partial charge < -0.3 is 11.5 Å². The molecule has 2 aromatic carbocycles. The molecule has 0 atom stereocenters. The van der Waals surface area contributed by atoms with E-state index in [2.05, 4.69) is 31.2 Å². The van der Waals surface area contributed by atoms with Crippen molar-refractivity contribution >= 4 is 11.4 Å². The highest BCUT2D eigenvalue weighted by atomic mass is 14.6. The van der Waals surface area contributed by atoms with Gasteiger partial charge in [-0.05, 0) is 52.9 Å². The molecular formula is C19H24N2. The zero-order chi connectivity index (χ0) is 14.8. The van der Waals surface area contributed by atoms with E-state index in [1.807, 2.05) is 12.1 Å². The van der Waals surface area contributed by atoms with E-state index in [1.54, 1.807) is 0 Å². The molecule has 0 bridgehead atoms. The lowest BCUT2D eigenvalue weighted by molar-refractivity contribution is 0.601. The molecular weight excluding hydrogens is 256 g/mol. The third-order valence-corrected chi connectivity index (χ3v) is 4.54. The van der Waals surface area contributed by atoms with Crippen molar-refractivity contribution in [2.24, 2.45) is 0 Å². The Labute approximate surface area is 127 Å². The van der Waals surface area contributed by atoms with Gasteiger partial charge in [0.15, 0.2) is 0 Å². The molecule has 110 valence electrons. The zero-order valence-electron chi connectivity index (χ0n) is 12.7. The van der Waals surface area contributed by atoms with E-state index in [1.165, 1.54) is 54.4 Å². The van der Waals surface area contributed by atoms with Crippen LogP contribution in [-0.2, 0) is 0 Å². The first kappa shape index (κ1) is 14.0. The molecule has 0 radical (unpaired) electrons. The minimum atomic E-state index is 0.457. The Balaban J connectivity index is 1.95. The molecule has 2 heteroatoms. The first-order valence-corrected chi connectivity index (χ1v) is 8.00. The molecule has 2 aromatic rings. The number of hydrogen-bond donors (Lipinski definition) is 2. The quantitative estimate of drug-likeness (QED) is 0.602. The summed E-state index contributed by atoms with van der Waals surface area (Å²) in [7, 11) is 0. The topological polar surface area (TPSA) is 52.0 Å². The molecule has 4 N–H and O–H groups in total. The van der Waals surface area contributed by atoms with Crippen LogP contribution in [0.25, 0.3) is 11.1 Å². The fourth-order valence-electron chi connectivity index (χ4n) is 3.48. The number of nitrogens with two attached hydrogens (primary N) is 2. The van der Waals surface area contributed by atoms with Crippen molar-refractivity contribution < 1.29 is 0 Å². The minimum Gasteiger partial charge on any atom is -0.399 e. The molecule has 0 aliphatic heterocycles. The molecule has 0 heterocycles. The summed E-state index contributed by atoms with van der Waals surface area (Å²) in [5.41, 5.74) is 19.2. The normalized spacial score (nSPS) is 13.2. The Kier molecular flexibility index (Phi) is 3.87. The number of hydrogen-bond acceptors (Lipinski definition) is 2. The predicted octanol–water partition coefficient (Wildman–Crippen LogP) is 4.93. The largest absolute Gasteiger partial charge is 0.399 e. The number of rotatable bonds is 5. The lowest BCUT2D eigenvalue weighted by Crippen LogP contribution is -1.99. The molecule has 0 fully saturated rings. The summed E-state index contributed by atoms with van der Waals surface area (Å²) >= 11 is 0. The summed E-state index contributed by atoms with van der Waals surface area (Å²) in [6.45, 7) is 2.25. The Bertz CT molecular complexity index is 595. The maximum absolute atomic E-state index is 6.01. The van der Waals surface area contributed by atoms with Crippen molar-refractivity contribution in [2.45, 2.75) is 44.9 Å². The van der Waals surface area contributed by atoms with E-state index in [0.29, 0.717) is 5.92 Å². The van der Waals surface area contributed by atoms with Crippen LogP contribution in [-0.4, -0.2) is 0 Å². The fraction of sp³-hybridized carbons (Fsp3) is 0.368. The molecule has 0 amide bonds. The molecule has 0 spiro atoms. The lowest BCUT2D eigenvalue weighted by atomic mass is 9.91. The molecule has 0 unspecified atom stereocenters. The summed E-state index contributed by atoms with van der Waals surface area (Å²) in [6.07, 6.45) is 6.36. The lowest BCUT2D eigenvalue weighted by Gasteiger charge is -2.14. The van der Waals surface area contributed by atoms with Gasteiger partial charge in [0.05, 0.1) is 0 Å². The third kappa shape index (κ3) is 2.63. The SMILES string of the molecule is CCCCCCC1c2cc(N)ccc2-c2ccc(N)cc21. The van der Waals surface area contributed by atoms with Crippen molar-refractivity contribution in [1.82, 2.24) is 0 Å². The molecule has 0 aromatic heterocycles. The second kappa shape index (κ2) is 5.80. The Hall–Kier alpha value is -1.96. The molecule has 1 aliphatic rings. The van der Waals surface area contributed by atoms with Gasteiger partial charge in [-0.3, -0.25) is 0 Å². The molecule has 0 saturated carbocycles. The Morgan fingerprint density at radius 2 is 1.38 bits per heavy atom. The number of unbranched alkanes of at least 4 members (excludes halogenated alkanes) is 3. The molecule has 1 aliphatic carbocycles. The van der Waals surface area contributed by atoms with Gasteiger partial charge in [-0.25, -0.2) is 0 Å². The van der Waals surface area contributed by atoms with Gasteiger partial charge in [0.25, 0.3) is 0 Å². The van der Waals surface area contributed by atoms with Gasteiger partial charge in [0.2, 0.25) is 0 Å². The van der Waals surface area contributed by atoms with E-state index in [4.69, 9.17) is 11.5 Å². The van der Waals surface area contributed by atoms with Crippen LogP contribution < -0.4 is 11.5 Å². The van der Waals surface area contributed by atoms with E-state index < -0.39 is 0 Å². The minimum absolute atomic E-state index is 0.457. The van der Waals surface area contributed by atoms with Gasteiger partial charge in [-0.15, -0.1) is 0 Å². The summed E-state index contributed by atoms with van der Waals surface area (Å²) in [6, 6.07) is 12.6. The average Bonchev–Trinajstić information content (AvgIpc) is 2.76. The van der Waals surface area contributed by atoms with Crippen LogP contribution in [0.3, 0.4) is 0 Å². The first-order valence-electron chi connectivity index (χ1n) is 8.00. The van der Waals surface area contributed by atoms with E-state index in [-0.39, 0.29) is 0 Å². The number of nitrogen functional groups attached to an aromatic ring is 2. The average molecular weight is 280 g/mol.